The summed E-state index contributed by atoms with van der Waals surface area (Å²) >= 11 is 0. The maximum Gasteiger partial charge on any atom is 0.236 e. The Morgan fingerprint density at radius 1 is 0.714 bits per heavy atom. The lowest BCUT2D eigenvalue weighted by atomic mass is 9.64. The summed E-state index contributed by atoms with van der Waals surface area (Å²) < 4.78 is 0. The van der Waals surface area contributed by atoms with Crippen molar-refractivity contribution >= 4 is 12.2 Å². The van der Waals surface area contributed by atoms with E-state index in [1.54, 1.807) is 0 Å². The Kier molecular flexibility index (Phi) is 8.62. The van der Waals surface area contributed by atoms with Crippen LogP contribution in [0.25, 0.3) is 0 Å². The van der Waals surface area contributed by atoms with Crippen LogP contribution in [0.5, 0.6) is 0 Å². The van der Waals surface area contributed by atoms with Gasteiger partial charge in [0.25, 0.3) is 0 Å². The molecule has 0 spiro atoms. The molecule has 42 heavy (non-hydrogen) atoms. The molecule has 2 aliphatic rings. The summed E-state index contributed by atoms with van der Waals surface area (Å²) in [6.07, 6.45) is 4.83. The highest BCUT2D eigenvalue weighted by Gasteiger charge is 2.47. The summed E-state index contributed by atoms with van der Waals surface area (Å²) in [6, 6.07) is 41.9. The molecule has 0 N–H and O–H groups in total. The van der Waals surface area contributed by atoms with Crippen LogP contribution in [0.3, 0.4) is 0 Å². The van der Waals surface area contributed by atoms with E-state index in [2.05, 4.69) is 89.8 Å². The number of benzene rings is 4. The van der Waals surface area contributed by atoms with E-state index in [0.29, 0.717) is 11.8 Å². The van der Waals surface area contributed by atoms with Crippen LogP contribution >= 0.6 is 0 Å². The van der Waals surface area contributed by atoms with Gasteiger partial charge in [0.05, 0.1) is 12.6 Å². The van der Waals surface area contributed by atoms with Gasteiger partial charge in [-0.15, -0.1) is 0 Å². The summed E-state index contributed by atoms with van der Waals surface area (Å²) in [4.78, 5) is 30.9. The van der Waals surface area contributed by atoms with Gasteiger partial charge in [0.1, 0.15) is 6.29 Å². The number of piperidine rings is 2. The molecule has 4 aromatic rings. The van der Waals surface area contributed by atoms with Gasteiger partial charge in [-0.1, -0.05) is 121 Å². The zero-order chi connectivity index (χ0) is 28.8. The molecule has 2 heterocycles. The first kappa shape index (κ1) is 28.1. The Labute approximate surface area is 250 Å². The third kappa shape index (κ3) is 5.56. The zero-order valence-corrected chi connectivity index (χ0v) is 24.2. The van der Waals surface area contributed by atoms with Crippen LogP contribution in [0.1, 0.15) is 53.9 Å². The Balaban J connectivity index is 1.19. The fourth-order valence-electron chi connectivity index (χ4n) is 7.62. The molecule has 0 aromatic heterocycles. The third-order valence-electron chi connectivity index (χ3n) is 9.64. The highest BCUT2D eigenvalue weighted by molar-refractivity contribution is 5.79. The van der Waals surface area contributed by atoms with Gasteiger partial charge in [-0.3, -0.25) is 9.69 Å². The van der Waals surface area contributed by atoms with Crippen LogP contribution in [0, 0.1) is 5.92 Å². The second-order valence-electron chi connectivity index (χ2n) is 11.9. The Hall–Kier alpha value is -4.02. The second-order valence-corrected chi connectivity index (χ2v) is 11.9. The first-order chi connectivity index (χ1) is 20.7. The molecule has 0 aliphatic carbocycles. The summed E-state index contributed by atoms with van der Waals surface area (Å²) in [6.45, 7) is 2.52. The number of hydrogen-bond donors (Lipinski definition) is 0. The standard InChI is InChI=1S/C38H40N2O2/c41-29-35-38(33-18-9-3-10-19-33,34-20-11-4-12-21-34)24-13-25-40(35)28-36(42)39-26-22-32(23-27-39)37(30-14-5-1-6-15-30)31-16-7-2-8-17-31/h1-12,14-21,29,32,35,37H,13,22-28H2. The summed E-state index contributed by atoms with van der Waals surface area (Å²) in [5.41, 5.74) is 4.48. The Morgan fingerprint density at radius 2 is 1.19 bits per heavy atom. The minimum atomic E-state index is -0.478. The molecule has 0 saturated carbocycles. The first-order valence-corrected chi connectivity index (χ1v) is 15.4. The molecular weight excluding hydrogens is 516 g/mol. The predicted octanol–water partition coefficient (Wildman–Crippen LogP) is 6.71. The molecule has 4 heteroatoms. The van der Waals surface area contributed by atoms with Gasteiger partial charge in [0.2, 0.25) is 5.91 Å². The smallest absolute Gasteiger partial charge is 0.236 e. The van der Waals surface area contributed by atoms with E-state index >= 15 is 0 Å². The SMILES string of the molecule is O=CC1N(CC(=O)N2CCC(C(c3ccccc3)c3ccccc3)CC2)CCCC1(c1ccccc1)c1ccccc1. The fraction of sp³-hybridized carbons (Fsp3) is 0.316. The van der Waals surface area contributed by atoms with Gasteiger partial charge in [0, 0.05) is 24.4 Å². The van der Waals surface area contributed by atoms with Gasteiger partial charge < -0.3 is 9.69 Å². The van der Waals surface area contributed by atoms with Crippen LogP contribution in [0.4, 0.5) is 0 Å². The molecule has 4 aromatic carbocycles. The molecule has 0 radical (unpaired) electrons. The summed E-state index contributed by atoms with van der Waals surface area (Å²) in [5, 5.41) is 0. The highest BCUT2D eigenvalue weighted by atomic mass is 16.2. The Morgan fingerprint density at radius 3 is 1.67 bits per heavy atom. The number of carbonyl (C=O) groups excluding carboxylic acids is 2. The Bertz CT molecular complexity index is 1350. The number of nitrogens with zero attached hydrogens (tertiary/aromatic N) is 2. The van der Waals surface area contributed by atoms with E-state index in [4.69, 9.17) is 0 Å². The van der Waals surface area contributed by atoms with Gasteiger partial charge in [-0.05, 0) is 60.4 Å². The first-order valence-electron chi connectivity index (χ1n) is 15.4. The molecule has 1 amide bonds. The van der Waals surface area contributed by atoms with E-state index in [1.807, 2.05) is 41.3 Å². The molecule has 1 unspecified atom stereocenters. The van der Waals surface area contributed by atoms with Crippen molar-refractivity contribution in [3.63, 3.8) is 0 Å². The van der Waals surface area contributed by atoms with E-state index in [9.17, 15) is 9.59 Å². The number of hydrogen-bond acceptors (Lipinski definition) is 3. The number of rotatable bonds is 8. The predicted molar refractivity (Wildman–Crippen MR) is 168 cm³/mol. The van der Waals surface area contributed by atoms with Gasteiger partial charge in [-0.2, -0.15) is 0 Å². The van der Waals surface area contributed by atoms with E-state index in [0.717, 1.165) is 62.7 Å². The number of amides is 1. The zero-order valence-electron chi connectivity index (χ0n) is 24.2. The second kappa shape index (κ2) is 12.9. The van der Waals surface area contributed by atoms with Gasteiger partial charge >= 0.3 is 0 Å². The highest BCUT2D eigenvalue weighted by Crippen LogP contribution is 2.44. The molecule has 2 fully saturated rings. The maximum atomic E-state index is 13.8. The lowest BCUT2D eigenvalue weighted by Crippen LogP contribution is -2.58. The molecule has 1 atom stereocenters. The molecule has 6 rings (SSSR count). The van der Waals surface area contributed by atoms with E-state index < -0.39 is 11.5 Å². The lowest BCUT2D eigenvalue weighted by Gasteiger charge is -2.49. The van der Waals surface area contributed by atoms with Crippen molar-refractivity contribution in [2.75, 3.05) is 26.2 Å². The van der Waals surface area contributed by atoms with Crippen LogP contribution in [0.2, 0.25) is 0 Å². The lowest BCUT2D eigenvalue weighted by molar-refractivity contribution is -0.136. The number of carbonyl (C=O) groups is 2. The monoisotopic (exact) mass is 556 g/mol. The minimum absolute atomic E-state index is 0.133. The van der Waals surface area contributed by atoms with E-state index in [-0.39, 0.29) is 12.5 Å². The van der Waals surface area contributed by atoms with Crippen LogP contribution in [0.15, 0.2) is 121 Å². The molecule has 214 valence electrons. The minimum Gasteiger partial charge on any atom is -0.342 e. The molecule has 4 nitrogen and oxygen atoms in total. The normalized spacial score (nSPS) is 19.5. The van der Waals surface area contributed by atoms with Crippen molar-refractivity contribution in [2.24, 2.45) is 5.92 Å². The molecule has 2 aliphatic heterocycles. The van der Waals surface area contributed by atoms with Crippen LogP contribution < -0.4 is 0 Å². The van der Waals surface area contributed by atoms with Crippen molar-refractivity contribution in [1.29, 1.82) is 0 Å². The largest absolute Gasteiger partial charge is 0.342 e. The van der Waals surface area contributed by atoms with E-state index in [1.165, 1.54) is 11.1 Å². The van der Waals surface area contributed by atoms with Gasteiger partial charge in [-0.25, -0.2) is 0 Å². The quantitative estimate of drug-likeness (QED) is 0.227. The van der Waals surface area contributed by atoms with Crippen molar-refractivity contribution in [1.82, 2.24) is 9.80 Å². The maximum absolute atomic E-state index is 13.8. The van der Waals surface area contributed by atoms with Crippen LogP contribution in [-0.4, -0.2) is 54.2 Å². The third-order valence-corrected chi connectivity index (χ3v) is 9.64. The summed E-state index contributed by atoms with van der Waals surface area (Å²) in [5.74, 6) is 0.928. The molecular formula is C38H40N2O2. The number of likely N-dealkylation sites (tertiary alicyclic amines) is 2. The average Bonchev–Trinajstić information content (AvgIpc) is 3.07. The molecule has 0 bridgehead atoms. The molecule has 2 saturated heterocycles. The topological polar surface area (TPSA) is 40.6 Å². The fourth-order valence-corrected chi connectivity index (χ4v) is 7.62. The van der Waals surface area contributed by atoms with Crippen molar-refractivity contribution in [2.45, 2.75) is 43.1 Å². The van der Waals surface area contributed by atoms with Crippen LogP contribution in [-0.2, 0) is 15.0 Å². The number of aldehydes is 1. The average molecular weight is 557 g/mol. The summed E-state index contributed by atoms with van der Waals surface area (Å²) in [7, 11) is 0. The van der Waals surface area contributed by atoms with Crippen molar-refractivity contribution in [3.8, 4) is 0 Å². The van der Waals surface area contributed by atoms with Crippen molar-refractivity contribution in [3.05, 3.63) is 144 Å². The van der Waals surface area contributed by atoms with Crippen molar-refractivity contribution < 1.29 is 9.59 Å². The van der Waals surface area contributed by atoms with Gasteiger partial charge in [0.15, 0.2) is 0 Å².